The molecular formula is C13H28N2OS. The molecular weight excluding hydrogens is 232 g/mol. The molecule has 0 aromatic heterocycles. The van der Waals surface area contributed by atoms with E-state index >= 15 is 0 Å². The van der Waals surface area contributed by atoms with E-state index in [4.69, 9.17) is 5.73 Å². The summed E-state index contributed by atoms with van der Waals surface area (Å²) in [5, 5.41) is 3.93. The predicted octanol–water partition coefficient (Wildman–Crippen LogP) is 2.57. The predicted molar refractivity (Wildman–Crippen MR) is 79.4 cm³/mol. The summed E-state index contributed by atoms with van der Waals surface area (Å²) in [4.78, 5) is 9.44. The molecule has 102 valence electrons. The lowest BCUT2D eigenvalue weighted by atomic mass is 10.3. The van der Waals surface area contributed by atoms with Gasteiger partial charge in [-0.3, -0.25) is 0 Å². The minimum absolute atomic E-state index is 0.167. The summed E-state index contributed by atoms with van der Waals surface area (Å²) < 4.78 is 0. The molecule has 1 unspecified atom stereocenters. The summed E-state index contributed by atoms with van der Waals surface area (Å²) in [6, 6.07) is 0. The van der Waals surface area contributed by atoms with E-state index in [2.05, 4.69) is 18.3 Å². The van der Waals surface area contributed by atoms with Gasteiger partial charge in [0.1, 0.15) is 5.78 Å². The lowest BCUT2D eigenvalue weighted by Crippen LogP contribution is -2.21. The summed E-state index contributed by atoms with van der Waals surface area (Å²) in [5.74, 6) is 1.35. The Balaban J connectivity index is 0. The van der Waals surface area contributed by atoms with Crippen molar-refractivity contribution in [1.29, 1.82) is 0 Å². The van der Waals surface area contributed by atoms with E-state index in [1.54, 1.807) is 0 Å². The molecule has 0 heterocycles. The summed E-state index contributed by atoms with van der Waals surface area (Å²) in [6.07, 6.45) is 7.81. The van der Waals surface area contributed by atoms with E-state index < -0.39 is 0 Å². The van der Waals surface area contributed by atoms with Gasteiger partial charge in [0.15, 0.2) is 0 Å². The van der Waals surface area contributed by atoms with Crippen molar-refractivity contribution in [1.82, 2.24) is 5.32 Å². The number of thioether (sulfide) groups is 1. The van der Waals surface area contributed by atoms with Gasteiger partial charge in [0.2, 0.25) is 0 Å². The lowest BCUT2D eigenvalue weighted by Gasteiger charge is -2.13. The average molecular weight is 260 g/mol. The maximum atomic E-state index is 9.44. The molecule has 0 saturated carbocycles. The molecule has 0 bridgehead atoms. The molecule has 3 nitrogen and oxygen atoms in total. The maximum Gasteiger partial charge on any atom is 0.126 e. The highest BCUT2D eigenvalue weighted by atomic mass is 32.2. The first kappa shape index (κ1) is 19.0. The van der Waals surface area contributed by atoms with Crippen LogP contribution in [-0.2, 0) is 4.79 Å². The van der Waals surface area contributed by atoms with Crippen LogP contribution in [0.4, 0.5) is 0 Å². The second kappa shape index (κ2) is 15.7. The van der Waals surface area contributed by atoms with Gasteiger partial charge in [-0.15, -0.1) is 11.8 Å². The number of carbonyl (C=O) groups is 1. The van der Waals surface area contributed by atoms with Gasteiger partial charge in [-0.1, -0.05) is 25.5 Å². The van der Waals surface area contributed by atoms with Crippen LogP contribution >= 0.6 is 11.8 Å². The van der Waals surface area contributed by atoms with Crippen molar-refractivity contribution >= 4 is 17.5 Å². The second-order valence-electron chi connectivity index (χ2n) is 3.84. The number of carbonyl (C=O) groups excluding carboxylic acids is 1. The monoisotopic (exact) mass is 260 g/mol. The van der Waals surface area contributed by atoms with Crippen molar-refractivity contribution < 1.29 is 4.79 Å². The first-order valence-corrected chi connectivity index (χ1v) is 7.24. The quantitative estimate of drug-likeness (QED) is 0.400. The topological polar surface area (TPSA) is 55.1 Å². The van der Waals surface area contributed by atoms with E-state index in [0.29, 0.717) is 11.9 Å². The summed E-state index contributed by atoms with van der Waals surface area (Å²) >= 11 is 1.99. The van der Waals surface area contributed by atoms with Crippen LogP contribution in [0.1, 0.15) is 40.0 Å². The molecule has 17 heavy (non-hydrogen) atoms. The van der Waals surface area contributed by atoms with E-state index in [0.717, 1.165) is 6.42 Å². The van der Waals surface area contributed by atoms with E-state index in [1.807, 2.05) is 24.9 Å². The largest absolute Gasteiger partial charge is 0.327 e. The van der Waals surface area contributed by atoms with Gasteiger partial charge < -0.3 is 15.8 Å². The van der Waals surface area contributed by atoms with Gasteiger partial charge in [0.05, 0.1) is 5.37 Å². The number of nitrogens with two attached hydrogens (primary N) is 1. The van der Waals surface area contributed by atoms with Gasteiger partial charge in [0, 0.05) is 6.54 Å². The first-order chi connectivity index (χ1) is 8.08. The first-order valence-electron chi connectivity index (χ1n) is 6.19. The summed E-state index contributed by atoms with van der Waals surface area (Å²) in [6.45, 7) is 5.94. The molecule has 0 amide bonds. The Morgan fingerprint density at radius 2 is 2.00 bits per heavy atom. The van der Waals surface area contributed by atoms with Crippen molar-refractivity contribution in [2.24, 2.45) is 5.73 Å². The zero-order chi connectivity index (χ0) is 13.5. The van der Waals surface area contributed by atoms with E-state index in [1.165, 1.54) is 32.4 Å². The Labute approximate surface area is 111 Å². The van der Waals surface area contributed by atoms with Crippen LogP contribution < -0.4 is 11.1 Å². The third-order valence-electron chi connectivity index (χ3n) is 1.78. The second-order valence-corrected chi connectivity index (χ2v) is 5.15. The fourth-order valence-corrected chi connectivity index (χ4v) is 2.19. The number of ketones is 1. The molecule has 0 aromatic carbocycles. The number of rotatable bonds is 8. The minimum Gasteiger partial charge on any atom is -0.327 e. The van der Waals surface area contributed by atoms with Crippen molar-refractivity contribution in [3.63, 3.8) is 0 Å². The smallest absolute Gasteiger partial charge is 0.126 e. The minimum atomic E-state index is 0.167. The number of allylic oxidation sites excluding steroid dienone is 1. The number of Topliss-reactive ketones (excluding diaryl/α,β-unsaturated/α-hetero) is 1. The fourth-order valence-electron chi connectivity index (χ4n) is 1.07. The van der Waals surface area contributed by atoms with Gasteiger partial charge in [-0.2, -0.15) is 0 Å². The Morgan fingerprint density at radius 1 is 1.41 bits per heavy atom. The van der Waals surface area contributed by atoms with Crippen LogP contribution in [-0.4, -0.2) is 30.5 Å². The Hall–Kier alpha value is -0.320. The van der Waals surface area contributed by atoms with Crippen LogP contribution in [0.25, 0.3) is 0 Å². The van der Waals surface area contributed by atoms with Crippen molar-refractivity contribution in [2.75, 3.05) is 19.3 Å². The zero-order valence-corrected chi connectivity index (χ0v) is 12.5. The molecule has 0 aromatic rings. The highest BCUT2D eigenvalue weighted by Gasteiger charge is 2.02. The summed E-state index contributed by atoms with van der Waals surface area (Å²) in [5.41, 5.74) is 5.34. The molecule has 0 aliphatic carbocycles. The molecule has 0 fully saturated rings. The highest BCUT2D eigenvalue weighted by Crippen LogP contribution is 2.14. The van der Waals surface area contributed by atoms with E-state index in [-0.39, 0.29) is 5.78 Å². The van der Waals surface area contributed by atoms with Crippen LogP contribution in [0.15, 0.2) is 12.2 Å². The molecule has 1 atom stereocenters. The lowest BCUT2D eigenvalue weighted by molar-refractivity contribution is -0.114. The third-order valence-corrected chi connectivity index (χ3v) is 3.12. The van der Waals surface area contributed by atoms with Crippen molar-refractivity contribution in [3.05, 3.63) is 12.2 Å². The normalized spacial score (nSPS) is 12.1. The zero-order valence-electron chi connectivity index (χ0n) is 11.7. The van der Waals surface area contributed by atoms with Crippen molar-refractivity contribution in [2.45, 2.75) is 45.4 Å². The Bertz CT molecular complexity index is 192. The van der Waals surface area contributed by atoms with Gasteiger partial charge in [0.25, 0.3) is 0 Å². The molecule has 0 saturated heterocycles. The van der Waals surface area contributed by atoms with Gasteiger partial charge in [-0.05, 0) is 39.5 Å². The molecule has 0 spiro atoms. The van der Waals surface area contributed by atoms with Gasteiger partial charge in [-0.25, -0.2) is 0 Å². The van der Waals surface area contributed by atoms with E-state index in [9.17, 15) is 4.79 Å². The van der Waals surface area contributed by atoms with Crippen molar-refractivity contribution in [3.8, 4) is 0 Å². The fraction of sp³-hybridized carbons (Fsp3) is 0.769. The molecule has 0 rings (SSSR count). The Kier molecular flexibility index (Phi) is 17.6. The number of nitrogens with one attached hydrogen (secondary N) is 1. The number of hydrogen-bond acceptors (Lipinski definition) is 4. The standard InChI is InChI=1S/C10H22N2S.C3H6O/c1-3-7-10(12-2)13-9-6-4-5-8-11;1-3(2)4/h4-5,10,12H,3,6-9,11H2,1-2H3;1-2H3. The van der Waals surface area contributed by atoms with Crippen LogP contribution in [0, 0.1) is 0 Å². The molecule has 0 aliphatic rings. The molecule has 4 heteroatoms. The van der Waals surface area contributed by atoms with Crippen LogP contribution in [0.5, 0.6) is 0 Å². The molecule has 3 N–H and O–H groups in total. The van der Waals surface area contributed by atoms with Crippen LogP contribution in [0.2, 0.25) is 0 Å². The highest BCUT2D eigenvalue weighted by molar-refractivity contribution is 7.99. The maximum absolute atomic E-state index is 9.44. The SMILES string of the molecule is CC(C)=O.CCCC(NC)SCCC=CCN. The molecule has 0 radical (unpaired) electrons. The molecule has 0 aliphatic heterocycles. The third kappa shape index (κ3) is 21.5. The average Bonchev–Trinajstić information content (AvgIpc) is 2.26. The Morgan fingerprint density at radius 3 is 2.41 bits per heavy atom. The van der Waals surface area contributed by atoms with Crippen LogP contribution in [0.3, 0.4) is 0 Å². The number of hydrogen-bond donors (Lipinski definition) is 2. The summed E-state index contributed by atoms with van der Waals surface area (Å²) in [7, 11) is 2.03. The van der Waals surface area contributed by atoms with Gasteiger partial charge >= 0.3 is 0 Å².